The molecule has 0 spiro atoms. The Morgan fingerprint density at radius 1 is 1.38 bits per heavy atom. The summed E-state index contributed by atoms with van der Waals surface area (Å²) in [6.45, 7) is 1.56. The van der Waals surface area contributed by atoms with E-state index in [-0.39, 0.29) is 11.8 Å². The van der Waals surface area contributed by atoms with Crippen molar-refractivity contribution in [1.82, 2.24) is 15.2 Å². The zero-order chi connectivity index (χ0) is 16.5. The van der Waals surface area contributed by atoms with E-state index in [0.29, 0.717) is 23.8 Å². The van der Waals surface area contributed by atoms with Crippen molar-refractivity contribution in [3.63, 3.8) is 0 Å². The molecule has 1 aromatic heterocycles. The van der Waals surface area contributed by atoms with Gasteiger partial charge in [0.2, 0.25) is 5.91 Å². The van der Waals surface area contributed by atoms with E-state index in [1.54, 1.807) is 0 Å². The third-order valence-corrected chi connectivity index (χ3v) is 5.94. The van der Waals surface area contributed by atoms with Gasteiger partial charge in [0.1, 0.15) is 0 Å². The highest BCUT2D eigenvalue weighted by molar-refractivity contribution is 7.13. The van der Waals surface area contributed by atoms with Crippen LogP contribution in [-0.4, -0.2) is 28.4 Å². The number of thiazole rings is 1. The Morgan fingerprint density at radius 3 is 2.96 bits per heavy atom. The third-order valence-electron chi connectivity index (χ3n) is 5.22. The summed E-state index contributed by atoms with van der Waals surface area (Å²) in [4.78, 5) is 19.5. The average Bonchev–Trinajstić information content (AvgIpc) is 3.29. The maximum absolute atomic E-state index is 12.8. The predicted molar refractivity (Wildman–Crippen MR) is 95.4 cm³/mol. The van der Waals surface area contributed by atoms with Crippen molar-refractivity contribution in [2.24, 2.45) is 5.92 Å². The maximum Gasteiger partial charge on any atom is 0.225 e. The molecule has 3 N–H and O–H groups in total. The number of benzene rings is 1. The Labute approximate surface area is 145 Å². The fraction of sp³-hybridized carbons (Fsp3) is 0.444. The lowest BCUT2D eigenvalue weighted by atomic mass is 9.93. The van der Waals surface area contributed by atoms with Gasteiger partial charge in [-0.2, -0.15) is 0 Å². The van der Waals surface area contributed by atoms with Gasteiger partial charge in [0.05, 0.1) is 18.2 Å². The number of amides is 1. The first-order valence-electron chi connectivity index (χ1n) is 8.50. The summed E-state index contributed by atoms with van der Waals surface area (Å²) < 4.78 is 0. The van der Waals surface area contributed by atoms with Gasteiger partial charge in [0, 0.05) is 17.5 Å². The second-order valence-electron chi connectivity index (χ2n) is 6.61. The summed E-state index contributed by atoms with van der Waals surface area (Å²) >= 11 is 1.41. The van der Waals surface area contributed by atoms with E-state index in [2.05, 4.69) is 39.5 Å². The van der Waals surface area contributed by atoms with Crippen LogP contribution in [-0.2, 0) is 11.3 Å². The number of nitrogens with one attached hydrogen (secondary N) is 1. The Balaban J connectivity index is 1.46. The largest absolute Gasteiger partial charge is 0.375 e. The SMILES string of the molecule is Nc1nc(CNC(=O)[C@H]2C[C@@H](c3ccccc3)N3CCC[C@H]23)cs1. The van der Waals surface area contributed by atoms with Crippen LogP contribution >= 0.6 is 11.3 Å². The molecule has 0 aliphatic carbocycles. The molecule has 3 heterocycles. The number of carbonyl (C=O) groups is 1. The van der Waals surface area contributed by atoms with E-state index >= 15 is 0 Å². The molecule has 5 nitrogen and oxygen atoms in total. The molecule has 2 aliphatic heterocycles. The summed E-state index contributed by atoms with van der Waals surface area (Å²) in [5.41, 5.74) is 7.81. The van der Waals surface area contributed by atoms with Gasteiger partial charge in [-0.1, -0.05) is 30.3 Å². The topological polar surface area (TPSA) is 71.2 Å². The van der Waals surface area contributed by atoms with Crippen molar-refractivity contribution in [3.8, 4) is 0 Å². The highest BCUT2D eigenvalue weighted by Gasteiger charge is 2.46. The first kappa shape index (κ1) is 15.6. The average molecular weight is 342 g/mol. The van der Waals surface area contributed by atoms with Crippen molar-refractivity contribution < 1.29 is 4.79 Å². The molecule has 4 rings (SSSR count). The van der Waals surface area contributed by atoms with Crippen LogP contribution in [0.3, 0.4) is 0 Å². The van der Waals surface area contributed by atoms with Gasteiger partial charge < -0.3 is 11.1 Å². The maximum atomic E-state index is 12.8. The number of nitrogens with zero attached hydrogens (tertiary/aromatic N) is 2. The fourth-order valence-corrected chi connectivity index (χ4v) is 4.73. The van der Waals surface area contributed by atoms with Crippen LogP contribution in [0.15, 0.2) is 35.7 Å². The van der Waals surface area contributed by atoms with Crippen LogP contribution in [0.5, 0.6) is 0 Å². The Bertz CT molecular complexity index is 717. The minimum atomic E-state index is 0.0636. The van der Waals surface area contributed by atoms with Crippen LogP contribution in [0, 0.1) is 5.92 Å². The molecule has 2 saturated heterocycles. The molecule has 1 amide bonds. The standard InChI is InChI=1S/C18H22N4OS/c19-18-21-13(11-24-18)10-20-17(23)14-9-16(12-5-2-1-3-6-12)22-8-4-7-15(14)22/h1-3,5-6,11,14-16H,4,7-10H2,(H2,19,21)(H,20,23)/t14-,15+,16-/m0/s1. The van der Waals surface area contributed by atoms with Gasteiger partial charge >= 0.3 is 0 Å². The molecule has 2 aliphatic rings. The summed E-state index contributed by atoms with van der Waals surface area (Å²) in [5, 5.41) is 5.51. The molecule has 0 bridgehead atoms. The molecule has 0 saturated carbocycles. The van der Waals surface area contributed by atoms with E-state index in [9.17, 15) is 4.79 Å². The van der Waals surface area contributed by atoms with Crippen LogP contribution in [0.1, 0.15) is 36.6 Å². The number of anilines is 1. The minimum Gasteiger partial charge on any atom is -0.375 e. The van der Waals surface area contributed by atoms with Gasteiger partial charge in [0.15, 0.2) is 5.13 Å². The zero-order valence-corrected chi connectivity index (χ0v) is 14.3. The van der Waals surface area contributed by atoms with Crippen LogP contribution in [0.25, 0.3) is 0 Å². The van der Waals surface area contributed by atoms with Crippen molar-refractivity contribution >= 4 is 22.4 Å². The number of carbonyl (C=O) groups excluding carboxylic acids is 1. The summed E-state index contributed by atoms with van der Waals surface area (Å²) in [7, 11) is 0. The fourth-order valence-electron chi connectivity index (χ4n) is 4.16. The van der Waals surface area contributed by atoms with Gasteiger partial charge in [-0.25, -0.2) is 4.98 Å². The number of nitrogen functional groups attached to an aromatic ring is 1. The summed E-state index contributed by atoms with van der Waals surface area (Å²) in [6, 6.07) is 11.3. The first-order valence-corrected chi connectivity index (χ1v) is 9.38. The Hall–Kier alpha value is -1.92. The van der Waals surface area contributed by atoms with Crippen LogP contribution in [0.2, 0.25) is 0 Å². The Kier molecular flexibility index (Phi) is 4.24. The molecular weight excluding hydrogens is 320 g/mol. The number of rotatable bonds is 4. The number of nitrogens with two attached hydrogens (primary N) is 1. The quantitative estimate of drug-likeness (QED) is 0.896. The van der Waals surface area contributed by atoms with E-state index in [4.69, 9.17) is 5.73 Å². The van der Waals surface area contributed by atoms with Crippen molar-refractivity contribution in [1.29, 1.82) is 0 Å². The molecule has 0 unspecified atom stereocenters. The van der Waals surface area contributed by atoms with Crippen molar-refractivity contribution in [2.75, 3.05) is 12.3 Å². The molecule has 2 fully saturated rings. The van der Waals surface area contributed by atoms with Gasteiger partial charge in [-0.15, -0.1) is 11.3 Å². The molecular formula is C18H22N4OS. The Morgan fingerprint density at radius 2 is 2.21 bits per heavy atom. The summed E-state index contributed by atoms with van der Waals surface area (Å²) in [5.74, 6) is 0.214. The van der Waals surface area contributed by atoms with Crippen molar-refractivity contribution in [3.05, 3.63) is 47.0 Å². The van der Waals surface area contributed by atoms with Gasteiger partial charge in [0.25, 0.3) is 0 Å². The lowest BCUT2D eigenvalue weighted by Crippen LogP contribution is -2.37. The van der Waals surface area contributed by atoms with E-state index in [1.807, 2.05) is 11.4 Å². The first-order chi connectivity index (χ1) is 11.7. The number of aromatic nitrogens is 1. The van der Waals surface area contributed by atoms with Crippen LogP contribution < -0.4 is 11.1 Å². The lowest BCUT2D eigenvalue weighted by molar-refractivity contribution is -0.125. The smallest absolute Gasteiger partial charge is 0.225 e. The van der Waals surface area contributed by atoms with E-state index in [0.717, 1.165) is 25.1 Å². The predicted octanol–water partition coefficient (Wildman–Crippen LogP) is 2.57. The lowest BCUT2D eigenvalue weighted by Gasteiger charge is -2.24. The normalized spacial score (nSPS) is 26.4. The second kappa shape index (κ2) is 6.53. The molecule has 0 radical (unpaired) electrons. The molecule has 126 valence electrons. The van der Waals surface area contributed by atoms with Gasteiger partial charge in [-0.05, 0) is 31.4 Å². The molecule has 2 aromatic rings. The summed E-state index contributed by atoms with van der Waals surface area (Å²) in [6.07, 6.45) is 3.20. The number of hydrogen-bond acceptors (Lipinski definition) is 5. The molecule has 24 heavy (non-hydrogen) atoms. The van der Waals surface area contributed by atoms with Gasteiger partial charge in [-0.3, -0.25) is 9.69 Å². The minimum absolute atomic E-state index is 0.0636. The van der Waals surface area contributed by atoms with Crippen LogP contribution in [0.4, 0.5) is 5.13 Å². The number of fused-ring (bicyclic) bond motifs is 1. The molecule has 3 atom stereocenters. The second-order valence-corrected chi connectivity index (χ2v) is 7.50. The monoisotopic (exact) mass is 342 g/mol. The molecule has 6 heteroatoms. The van der Waals surface area contributed by atoms with E-state index < -0.39 is 0 Å². The highest BCUT2D eigenvalue weighted by atomic mass is 32.1. The molecule has 1 aromatic carbocycles. The van der Waals surface area contributed by atoms with E-state index in [1.165, 1.54) is 23.3 Å². The highest BCUT2D eigenvalue weighted by Crippen LogP contribution is 2.44. The third kappa shape index (κ3) is 2.91. The zero-order valence-electron chi connectivity index (χ0n) is 13.5. The van der Waals surface area contributed by atoms with Crippen molar-refractivity contribution in [2.45, 2.75) is 37.9 Å². The number of hydrogen-bond donors (Lipinski definition) is 2.